The normalized spacial score (nSPS) is 14.0. The SMILES string of the molecule is CCN(C(=O)CSc1nc2ccccc2c(=O)n1C)C1=CCCC1. The maximum absolute atomic E-state index is 12.5. The molecule has 1 amide bonds. The van der Waals surface area contributed by atoms with E-state index in [2.05, 4.69) is 11.1 Å². The Labute approximate surface area is 145 Å². The van der Waals surface area contributed by atoms with Gasteiger partial charge >= 0.3 is 0 Å². The Bertz CT molecular complexity index is 857. The minimum Gasteiger partial charge on any atom is -0.316 e. The van der Waals surface area contributed by atoms with Crippen LogP contribution in [0.5, 0.6) is 0 Å². The topological polar surface area (TPSA) is 55.2 Å². The number of benzene rings is 1. The summed E-state index contributed by atoms with van der Waals surface area (Å²) in [4.78, 5) is 31.3. The molecule has 0 saturated carbocycles. The van der Waals surface area contributed by atoms with Crippen molar-refractivity contribution in [1.29, 1.82) is 0 Å². The van der Waals surface area contributed by atoms with Crippen LogP contribution in [0.1, 0.15) is 26.2 Å². The van der Waals surface area contributed by atoms with Gasteiger partial charge in [0.2, 0.25) is 5.91 Å². The molecule has 0 saturated heterocycles. The summed E-state index contributed by atoms with van der Waals surface area (Å²) in [7, 11) is 1.70. The van der Waals surface area contributed by atoms with Gasteiger partial charge in [0, 0.05) is 19.3 Å². The Morgan fingerprint density at radius 1 is 1.38 bits per heavy atom. The first-order valence-electron chi connectivity index (χ1n) is 8.19. The number of thioether (sulfide) groups is 1. The highest BCUT2D eigenvalue weighted by molar-refractivity contribution is 7.99. The summed E-state index contributed by atoms with van der Waals surface area (Å²) in [6.07, 6.45) is 5.28. The molecule has 3 rings (SSSR count). The van der Waals surface area contributed by atoms with Crippen molar-refractivity contribution in [1.82, 2.24) is 14.5 Å². The average molecular weight is 343 g/mol. The van der Waals surface area contributed by atoms with Gasteiger partial charge in [-0.05, 0) is 38.3 Å². The summed E-state index contributed by atoms with van der Waals surface area (Å²) in [6, 6.07) is 7.29. The summed E-state index contributed by atoms with van der Waals surface area (Å²) in [5.41, 5.74) is 1.71. The first-order valence-corrected chi connectivity index (χ1v) is 9.18. The Morgan fingerprint density at radius 2 is 2.17 bits per heavy atom. The zero-order chi connectivity index (χ0) is 17.1. The van der Waals surface area contributed by atoms with E-state index in [1.54, 1.807) is 13.1 Å². The van der Waals surface area contributed by atoms with Crippen molar-refractivity contribution in [2.24, 2.45) is 7.05 Å². The molecule has 0 radical (unpaired) electrons. The zero-order valence-corrected chi connectivity index (χ0v) is 14.8. The molecule has 0 bridgehead atoms. The number of nitrogens with zero attached hydrogens (tertiary/aromatic N) is 3. The maximum atomic E-state index is 12.5. The predicted octanol–water partition coefficient (Wildman–Crippen LogP) is 2.94. The van der Waals surface area contributed by atoms with E-state index in [1.165, 1.54) is 16.3 Å². The Kier molecular flexibility index (Phi) is 5.04. The number of rotatable bonds is 5. The smallest absolute Gasteiger partial charge is 0.261 e. The van der Waals surface area contributed by atoms with E-state index >= 15 is 0 Å². The van der Waals surface area contributed by atoms with Gasteiger partial charge in [0.15, 0.2) is 5.16 Å². The van der Waals surface area contributed by atoms with E-state index in [0.29, 0.717) is 22.6 Å². The lowest BCUT2D eigenvalue weighted by molar-refractivity contribution is -0.126. The van der Waals surface area contributed by atoms with E-state index in [9.17, 15) is 9.59 Å². The fourth-order valence-corrected chi connectivity index (χ4v) is 3.82. The Hall–Kier alpha value is -2.08. The average Bonchev–Trinajstić information content (AvgIpc) is 3.12. The standard InChI is InChI=1S/C18H21N3O2S/c1-3-21(13-8-4-5-9-13)16(22)12-24-18-19-15-11-7-6-10-14(15)17(23)20(18)2/h6-8,10-11H,3-5,9,12H2,1-2H3. The molecule has 1 aromatic heterocycles. The number of allylic oxidation sites excluding steroid dienone is 2. The number of para-hydroxylation sites is 1. The van der Waals surface area contributed by atoms with E-state index < -0.39 is 0 Å². The minimum atomic E-state index is -0.0820. The molecule has 0 unspecified atom stereocenters. The Morgan fingerprint density at radius 3 is 2.88 bits per heavy atom. The first kappa shape index (κ1) is 16.8. The van der Waals surface area contributed by atoms with Gasteiger partial charge in [0.1, 0.15) is 0 Å². The van der Waals surface area contributed by atoms with Gasteiger partial charge in [-0.2, -0.15) is 0 Å². The third kappa shape index (κ3) is 3.24. The van der Waals surface area contributed by atoms with Crippen molar-refractivity contribution >= 4 is 28.6 Å². The van der Waals surface area contributed by atoms with Crippen molar-refractivity contribution < 1.29 is 4.79 Å². The monoisotopic (exact) mass is 343 g/mol. The first-order chi connectivity index (χ1) is 11.6. The lowest BCUT2D eigenvalue weighted by Gasteiger charge is -2.22. The zero-order valence-electron chi connectivity index (χ0n) is 14.0. The Balaban J connectivity index is 1.79. The van der Waals surface area contributed by atoms with Crippen LogP contribution in [0.3, 0.4) is 0 Å². The van der Waals surface area contributed by atoms with Crippen molar-refractivity contribution in [3.8, 4) is 0 Å². The molecule has 1 aromatic carbocycles. The number of carbonyl (C=O) groups excluding carboxylic acids is 1. The summed E-state index contributed by atoms with van der Waals surface area (Å²) < 4.78 is 1.52. The quantitative estimate of drug-likeness (QED) is 0.619. The van der Waals surface area contributed by atoms with Crippen LogP contribution < -0.4 is 5.56 Å². The fourth-order valence-electron chi connectivity index (χ4n) is 2.97. The second-order valence-corrected chi connectivity index (χ2v) is 6.73. The van der Waals surface area contributed by atoms with Gasteiger partial charge in [-0.3, -0.25) is 14.2 Å². The number of amides is 1. The van der Waals surface area contributed by atoms with Crippen LogP contribution >= 0.6 is 11.8 Å². The van der Waals surface area contributed by atoms with Crippen molar-refractivity contribution in [2.75, 3.05) is 12.3 Å². The molecule has 2 aromatic rings. The second kappa shape index (κ2) is 7.21. The molecule has 1 aliphatic carbocycles. The molecule has 5 nitrogen and oxygen atoms in total. The summed E-state index contributed by atoms with van der Waals surface area (Å²) >= 11 is 1.32. The maximum Gasteiger partial charge on any atom is 0.261 e. The molecular formula is C18H21N3O2S. The van der Waals surface area contributed by atoms with E-state index in [-0.39, 0.29) is 17.2 Å². The van der Waals surface area contributed by atoms with Crippen molar-refractivity contribution in [2.45, 2.75) is 31.3 Å². The highest BCUT2D eigenvalue weighted by atomic mass is 32.2. The third-order valence-corrected chi connectivity index (χ3v) is 5.26. The van der Waals surface area contributed by atoms with Crippen LogP contribution in [0.15, 0.2) is 46.0 Å². The lowest BCUT2D eigenvalue weighted by Crippen LogP contribution is -2.31. The summed E-state index contributed by atoms with van der Waals surface area (Å²) in [5, 5.41) is 1.17. The molecule has 24 heavy (non-hydrogen) atoms. The second-order valence-electron chi connectivity index (χ2n) is 5.79. The van der Waals surface area contributed by atoms with Crippen LogP contribution in [0.4, 0.5) is 0 Å². The number of hydrogen-bond donors (Lipinski definition) is 0. The van der Waals surface area contributed by atoms with Gasteiger partial charge in [-0.15, -0.1) is 0 Å². The summed E-state index contributed by atoms with van der Waals surface area (Å²) in [6.45, 7) is 2.67. The number of aromatic nitrogens is 2. The van der Waals surface area contributed by atoms with E-state index in [4.69, 9.17) is 0 Å². The van der Waals surface area contributed by atoms with Crippen LogP contribution in [0.25, 0.3) is 10.9 Å². The molecule has 6 heteroatoms. The minimum absolute atomic E-state index is 0.0676. The molecule has 0 aliphatic heterocycles. The van der Waals surface area contributed by atoms with Crippen molar-refractivity contribution in [3.63, 3.8) is 0 Å². The molecule has 0 fully saturated rings. The molecule has 1 aliphatic rings. The highest BCUT2D eigenvalue weighted by Crippen LogP contribution is 2.23. The largest absolute Gasteiger partial charge is 0.316 e. The molecule has 0 atom stereocenters. The molecular weight excluding hydrogens is 322 g/mol. The van der Waals surface area contributed by atoms with Crippen LogP contribution in [0.2, 0.25) is 0 Å². The van der Waals surface area contributed by atoms with Crippen LogP contribution in [-0.2, 0) is 11.8 Å². The molecule has 126 valence electrons. The van der Waals surface area contributed by atoms with Crippen LogP contribution in [-0.4, -0.2) is 32.7 Å². The highest BCUT2D eigenvalue weighted by Gasteiger charge is 2.19. The van der Waals surface area contributed by atoms with Crippen LogP contribution in [0, 0.1) is 0 Å². The van der Waals surface area contributed by atoms with Gasteiger partial charge in [0.05, 0.1) is 16.7 Å². The van der Waals surface area contributed by atoms with E-state index in [0.717, 1.165) is 25.0 Å². The third-order valence-electron chi connectivity index (χ3n) is 4.25. The van der Waals surface area contributed by atoms with Gasteiger partial charge in [-0.25, -0.2) is 4.98 Å². The number of hydrogen-bond acceptors (Lipinski definition) is 4. The number of fused-ring (bicyclic) bond motifs is 1. The van der Waals surface area contributed by atoms with Gasteiger partial charge in [0.25, 0.3) is 5.56 Å². The van der Waals surface area contributed by atoms with Gasteiger partial charge < -0.3 is 4.90 Å². The van der Waals surface area contributed by atoms with Gasteiger partial charge in [-0.1, -0.05) is 30.0 Å². The van der Waals surface area contributed by atoms with E-state index in [1.807, 2.05) is 30.0 Å². The number of carbonyl (C=O) groups is 1. The predicted molar refractivity (Wildman–Crippen MR) is 97.0 cm³/mol. The lowest BCUT2D eigenvalue weighted by atomic mass is 10.2. The fraction of sp³-hybridized carbons (Fsp3) is 0.389. The molecule has 1 heterocycles. The summed E-state index contributed by atoms with van der Waals surface area (Å²) in [5.74, 6) is 0.349. The van der Waals surface area contributed by atoms with Crippen molar-refractivity contribution in [3.05, 3.63) is 46.4 Å². The molecule has 0 N–H and O–H groups in total. The molecule has 0 spiro atoms.